The molecule has 0 bridgehead atoms. The molecule has 0 aliphatic carbocycles. The van der Waals surface area contributed by atoms with E-state index < -0.39 is 30.1 Å². The van der Waals surface area contributed by atoms with Gasteiger partial charge in [0.2, 0.25) is 0 Å². The van der Waals surface area contributed by atoms with Crippen LogP contribution in [0.4, 0.5) is 13.2 Å². The second kappa shape index (κ2) is 6.73. The molecule has 1 heterocycles. The van der Waals surface area contributed by atoms with Crippen molar-refractivity contribution in [3.05, 3.63) is 29.6 Å². The van der Waals surface area contributed by atoms with Crippen LogP contribution in [-0.4, -0.2) is 49.3 Å². The van der Waals surface area contributed by atoms with Crippen LogP contribution in [0.5, 0.6) is 0 Å². The van der Waals surface area contributed by atoms with Gasteiger partial charge in [-0.25, -0.2) is 0 Å². The molecule has 0 saturated heterocycles. The largest absolute Gasteiger partial charge is 0.413 e. The number of carbonyl (C=O) groups is 2. The smallest absolute Gasteiger partial charge is 0.382 e. The van der Waals surface area contributed by atoms with Crippen molar-refractivity contribution in [1.82, 2.24) is 15.6 Å². The minimum absolute atomic E-state index is 0.0505. The lowest BCUT2D eigenvalue weighted by molar-refractivity contribution is -0.200. The first-order valence-corrected chi connectivity index (χ1v) is 6.21. The summed E-state index contributed by atoms with van der Waals surface area (Å²) in [7, 11) is 2.51. The summed E-state index contributed by atoms with van der Waals surface area (Å²) in [5.74, 6) is -1.43. The molecule has 0 radical (unpaired) electrons. The van der Waals surface area contributed by atoms with Gasteiger partial charge in [-0.05, 0) is 19.1 Å². The summed E-state index contributed by atoms with van der Waals surface area (Å²) in [5, 5.41) is 4.22. The number of nitrogens with zero attached hydrogens (tertiary/aromatic N) is 1. The number of nitrogens with one attached hydrogen (secondary N) is 2. The van der Waals surface area contributed by atoms with Gasteiger partial charge in [-0.3, -0.25) is 14.6 Å². The number of hydrogen-bond acceptors (Lipinski definition) is 4. The zero-order valence-electron chi connectivity index (χ0n) is 12.2. The van der Waals surface area contributed by atoms with E-state index >= 15 is 0 Å². The maximum atomic E-state index is 13.0. The van der Waals surface area contributed by atoms with Gasteiger partial charge in [0.15, 0.2) is 5.54 Å². The number of hydrogen-bond donors (Lipinski definition) is 2. The molecule has 22 heavy (non-hydrogen) atoms. The van der Waals surface area contributed by atoms with E-state index in [0.717, 1.165) is 20.2 Å². The Morgan fingerprint density at radius 3 is 2.32 bits per heavy atom. The SMILES string of the molecule is CNC(=O)c1ccc(C(=O)NC(C)(COC)C(F)(F)F)cn1. The van der Waals surface area contributed by atoms with E-state index in [9.17, 15) is 22.8 Å². The number of carbonyl (C=O) groups excluding carboxylic acids is 2. The molecule has 1 aromatic heterocycles. The van der Waals surface area contributed by atoms with E-state index in [1.807, 2.05) is 5.32 Å². The fourth-order valence-electron chi connectivity index (χ4n) is 1.59. The lowest BCUT2D eigenvalue weighted by Crippen LogP contribution is -2.59. The molecule has 0 fully saturated rings. The molecule has 2 amide bonds. The zero-order chi connectivity index (χ0) is 17.0. The molecular weight excluding hydrogens is 303 g/mol. The molecule has 0 aliphatic heterocycles. The average Bonchev–Trinajstić information content (AvgIpc) is 2.45. The summed E-state index contributed by atoms with van der Waals surface area (Å²) in [5.41, 5.74) is -2.58. The van der Waals surface area contributed by atoms with Gasteiger partial charge >= 0.3 is 6.18 Å². The molecule has 0 saturated carbocycles. The third-order valence-electron chi connectivity index (χ3n) is 2.93. The van der Waals surface area contributed by atoms with Gasteiger partial charge in [-0.15, -0.1) is 0 Å². The number of methoxy groups -OCH3 is 1. The van der Waals surface area contributed by atoms with Crippen LogP contribution >= 0.6 is 0 Å². The summed E-state index contributed by atoms with van der Waals surface area (Å²) in [4.78, 5) is 26.9. The fraction of sp³-hybridized carbons (Fsp3) is 0.462. The fourth-order valence-corrected chi connectivity index (χ4v) is 1.59. The third kappa shape index (κ3) is 3.94. The van der Waals surface area contributed by atoms with Crippen molar-refractivity contribution in [2.75, 3.05) is 20.8 Å². The summed E-state index contributed by atoms with van der Waals surface area (Å²) < 4.78 is 43.6. The van der Waals surface area contributed by atoms with Crippen LogP contribution in [0.1, 0.15) is 27.8 Å². The lowest BCUT2D eigenvalue weighted by atomic mass is 10.0. The molecule has 1 unspecified atom stereocenters. The molecule has 0 aliphatic rings. The lowest BCUT2D eigenvalue weighted by Gasteiger charge is -2.32. The Labute approximate surface area is 125 Å². The minimum atomic E-state index is -4.69. The summed E-state index contributed by atoms with van der Waals surface area (Å²) in [6.07, 6.45) is -3.66. The first-order chi connectivity index (χ1) is 10.1. The van der Waals surface area contributed by atoms with E-state index in [1.165, 1.54) is 19.2 Å². The van der Waals surface area contributed by atoms with E-state index in [-0.39, 0.29) is 11.3 Å². The van der Waals surface area contributed by atoms with Gasteiger partial charge in [0.05, 0.1) is 12.2 Å². The van der Waals surface area contributed by atoms with Crippen LogP contribution < -0.4 is 10.6 Å². The number of pyridine rings is 1. The molecule has 0 aromatic carbocycles. The van der Waals surface area contributed by atoms with Crippen LogP contribution in [0.2, 0.25) is 0 Å². The van der Waals surface area contributed by atoms with Crippen molar-refractivity contribution < 1.29 is 27.5 Å². The number of alkyl halides is 3. The van der Waals surface area contributed by atoms with Crippen molar-refractivity contribution in [1.29, 1.82) is 0 Å². The Hall–Kier alpha value is -2.16. The average molecular weight is 319 g/mol. The minimum Gasteiger partial charge on any atom is -0.382 e. The number of aromatic nitrogens is 1. The van der Waals surface area contributed by atoms with E-state index in [0.29, 0.717) is 0 Å². The molecule has 0 spiro atoms. The monoisotopic (exact) mass is 319 g/mol. The molecule has 6 nitrogen and oxygen atoms in total. The number of amides is 2. The predicted octanol–water partition coefficient (Wildman–Crippen LogP) is 1.14. The van der Waals surface area contributed by atoms with Crippen molar-refractivity contribution in [2.24, 2.45) is 0 Å². The van der Waals surface area contributed by atoms with Crippen molar-refractivity contribution in [3.63, 3.8) is 0 Å². The predicted molar refractivity (Wildman–Crippen MR) is 71.4 cm³/mol. The van der Waals surface area contributed by atoms with Crippen LogP contribution in [0, 0.1) is 0 Å². The molecular formula is C13H16F3N3O3. The maximum Gasteiger partial charge on any atom is 0.413 e. The second-order valence-electron chi connectivity index (χ2n) is 4.73. The molecule has 2 N–H and O–H groups in total. The number of rotatable bonds is 5. The van der Waals surface area contributed by atoms with Crippen molar-refractivity contribution >= 4 is 11.8 Å². The Morgan fingerprint density at radius 2 is 1.91 bits per heavy atom. The van der Waals surface area contributed by atoms with Gasteiger partial charge in [-0.1, -0.05) is 0 Å². The van der Waals surface area contributed by atoms with Crippen LogP contribution in [0.25, 0.3) is 0 Å². The summed E-state index contributed by atoms with van der Waals surface area (Å²) in [6.45, 7) is 0.0900. The highest BCUT2D eigenvalue weighted by Crippen LogP contribution is 2.30. The Bertz CT molecular complexity index is 546. The van der Waals surface area contributed by atoms with Crippen molar-refractivity contribution in [2.45, 2.75) is 18.6 Å². The summed E-state index contributed by atoms with van der Waals surface area (Å²) >= 11 is 0. The first-order valence-electron chi connectivity index (χ1n) is 6.21. The van der Waals surface area contributed by atoms with Gasteiger partial charge in [0, 0.05) is 20.4 Å². The van der Waals surface area contributed by atoms with Gasteiger partial charge in [0.1, 0.15) is 5.69 Å². The quantitative estimate of drug-likeness (QED) is 0.853. The molecule has 9 heteroatoms. The van der Waals surface area contributed by atoms with Crippen molar-refractivity contribution in [3.8, 4) is 0 Å². The first kappa shape index (κ1) is 17.9. The molecule has 1 rings (SSSR count). The van der Waals surface area contributed by atoms with E-state index in [2.05, 4.69) is 15.0 Å². The molecule has 122 valence electrons. The maximum absolute atomic E-state index is 13.0. The highest BCUT2D eigenvalue weighted by atomic mass is 19.4. The standard InChI is InChI=1S/C13H16F3N3O3/c1-12(7-22-3,13(14,15)16)19-10(20)8-4-5-9(18-6-8)11(21)17-2/h4-6H,7H2,1-3H3,(H,17,21)(H,19,20). The number of ether oxygens (including phenoxy) is 1. The van der Waals surface area contributed by atoms with Gasteiger partial charge in [0.25, 0.3) is 11.8 Å². The van der Waals surface area contributed by atoms with E-state index in [4.69, 9.17) is 0 Å². The van der Waals surface area contributed by atoms with Crippen LogP contribution in [-0.2, 0) is 4.74 Å². The highest BCUT2D eigenvalue weighted by molar-refractivity contribution is 5.96. The van der Waals surface area contributed by atoms with Gasteiger partial charge < -0.3 is 15.4 Å². The summed E-state index contributed by atoms with van der Waals surface area (Å²) in [6, 6.07) is 2.46. The van der Waals surface area contributed by atoms with Crippen LogP contribution in [0.3, 0.4) is 0 Å². The Morgan fingerprint density at radius 1 is 1.27 bits per heavy atom. The van der Waals surface area contributed by atoms with Gasteiger partial charge in [-0.2, -0.15) is 13.2 Å². The molecule has 1 atom stereocenters. The Balaban J connectivity index is 2.94. The zero-order valence-corrected chi connectivity index (χ0v) is 12.2. The topological polar surface area (TPSA) is 80.3 Å². The number of halogens is 3. The molecule has 1 aromatic rings. The third-order valence-corrected chi connectivity index (χ3v) is 2.93. The van der Waals surface area contributed by atoms with Crippen LogP contribution in [0.15, 0.2) is 18.3 Å². The highest BCUT2D eigenvalue weighted by Gasteiger charge is 2.52. The second-order valence-corrected chi connectivity index (χ2v) is 4.73. The Kier molecular flexibility index (Phi) is 5.48. The normalized spacial score (nSPS) is 14.1. The van der Waals surface area contributed by atoms with E-state index in [1.54, 1.807) is 0 Å².